The van der Waals surface area contributed by atoms with Gasteiger partial charge in [0.2, 0.25) is 5.88 Å². The quantitative estimate of drug-likeness (QED) is 0.778. The number of hydrogen-bond acceptors (Lipinski definition) is 7. The maximum Gasteiger partial charge on any atom is 0.416 e. The van der Waals surface area contributed by atoms with Gasteiger partial charge in [-0.3, -0.25) is 4.79 Å². The van der Waals surface area contributed by atoms with Gasteiger partial charge in [0.05, 0.1) is 31.3 Å². The molecule has 148 valence electrons. The highest BCUT2D eigenvalue weighted by atomic mass is 19.4. The van der Waals surface area contributed by atoms with Crippen LogP contribution in [0.3, 0.4) is 0 Å². The maximum absolute atomic E-state index is 13.1. The van der Waals surface area contributed by atoms with Crippen LogP contribution in [-0.2, 0) is 30.0 Å². The number of allylic oxidation sites excluding steroid dienone is 1. The zero-order chi connectivity index (χ0) is 21.1. The number of ether oxygens (including phenoxy) is 3. The molecule has 1 atom stereocenters. The Balaban J connectivity index is 2.73. The van der Waals surface area contributed by atoms with Crippen molar-refractivity contribution >= 4 is 11.9 Å². The molecule has 0 amide bonds. The number of nitrogens with zero attached hydrogens (tertiary/aromatic N) is 1. The number of carbonyl (C=O) groups excluding carboxylic acids is 2. The summed E-state index contributed by atoms with van der Waals surface area (Å²) in [5, 5.41) is 9.45. The summed E-state index contributed by atoms with van der Waals surface area (Å²) in [6, 6.07) is 5.82. The molecule has 0 radical (unpaired) electrons. The molecule has 1 heterocycles. The van der Waals surface area contributed by atoms with E-state index in [1.54, 1.807) is 6.07 Å². The Morgan fingerprint density at radius 2 is 1.96 bits per heavy atom. The Kier molecular flexibility index (Phi) is 5.98. The first-order valence-electron chi connectivity index (χ1n) is 7.76. The molecular weight excluding hydrogens is 381 g/mol. The lowest BCUT2D eigenvalue weighted by atomic mass is 9.82. The van der Waals surface area contributed by atoms with E-state index in [1.165, 1.54) is 6.07 Å². The van der Waals surface area contributed by atoms with E-state index in [4.69, 9.17) is 10.5 Å². The van der Waals surface area contributed by atoms with Crippen LogP contribution in [0, 0.1) is 11.3 Å². The smallest absolute Gasteiger partial charge is 0.416 e. The van der Waals surface area contributed by atoms with Gasteiger partial charge >= 0.3 is 18.1 Å². The topological polar surface area (TPSA) is 112 Å². The summed E-state index contributed by atoms with van der Waals surface area (Å²) in [7, 11) is 2.15. The Labute approximate surface area is 157 Å². The van der Waals surface area contributed by atoms with Gasteiger partial charge in [-0.05, 0) is 11.6 Å². The molecular formula is C18H15F3N2O5. The Bertz CT molecular complexity index is 913. The third-order valence-electron chi connectivity index (χ3n) is 3.98. The van der Waals surface area contributed by atoms with Crippen LogP contribution in [0.15, 0.2) is 47.1 Å². The summed E-state index contributed by atoms with van der Waals surface area (Å²) < 4.78 is 53.8. The van der Waals surface area contributed by atoms with Gasteiger partial charge < -0.3 is 19.9 Å². The van der Waals surface area contributed by atoms with Crippen LogP contribution in [-0.4, -0.2) is 26.2 Å². The Morgan fingerprint density at radius 3 is 2.50 bits per heavy atom. The molecule has 1 aromatic rings. The molecule has 0 saturated carbocycles. The van der Waals surface area contributed by atoms with Crippen molar-refractivity contribution in [3.05, 3.63) is 58.2 Å². The molecule has 0 saturated heterocycles. The Morgan fingerprint density at radius 1 is 1.29 bits per heavy atom. The van der Waals surface area contributed by atoms with Crippen LogP contribution in [0.1, 0.15) is 23.5 Å². The van der Waals surface area contributed by atoms with Crippen molar-refractivity contribution in [3.63, 3.8) is 0 Å². The second kappa shape index (κ2) is 8.04. The molecule has 0 aliphatic carbocycles. The number of hydrogen-bond donors (Lipinski definition) is 1. The number of nitrogens with two attached hydrogens (primary N) is 1. The fourth-order valence-corrected chi connectivity index (χ4v) is 2.71. The molecule has 10 heteroatoms. The molecule has 0 spiro atoms. The first-order valence-corrected chi connectivity index (χ1v) is 7.76. The van der Waals surface area contributed by atoms with E-state index in [9.17, 15) is 28.0 Å². The van der Waals surface area contributed by atoms with E-state index in [0.717, 1.165) is 32.4 Å². The lowest BCUT2D eigenvalue weighted by Gasteiger charge is -2.28. The normalized spacial score (nSPS) is 16.9. The van der Waals surface area contributed by atoms with Gasteiger partial charge in [-0.25, -0.2) is 4.79 Å². The molecule has 1 aromatic carbocycles. The summed E-state index contributed by atoms with van der Waals surface area (Å²) in [6.07, 6.45) is -5.18. The van der Waals surface area contributed by atoms with Crippen molar-refractivity contribution in [2.75, 3.05) is 14.2 Å². The molecule has 1 aliphatic rings. The van der Waals surface area contributed by atoms with E-state index in [2.05, 4.69) is 9.47 Å². The zero-order valence-electron chi connectivity index (χ0n) is 14.8. The Hall–Kier alpha value is -3.48. The number of benzene rings is 1. The van der Waals surface area contributed by atoms with Crippen LogP contribution in [0.25, 0.3) is 0 Å². The molecule has 7 nitrogen and oxygen atoms in total. The van der Waals surface area contributed by atoms with Crippen LogP contribution < -0.4 is 5.73 Å². The maximum atomic E-state index is 13.1. The van der Waals surface area contributed by atoms with Crippen LogP contribution in [0.4, 0.5) is 13.2 Å². The van der Waals surface area contributed by atoms with Crippen LogP contribution in [0.5, 0.6) is 0 Å². The third-order valence-corrected chi connectivity index (χ3v) is 3.98. The van der Waals surface area contributed by atoms with Gasteiger partial charge in [0.1, 0.15) is 23.8 Å². The predicted molar refractivity (Wildman–Crippen MR) is 87.8 cm³/mol. The summed E-state index contributed by atoms with van der Waals surface area (Å²) in [5.74, 6) is -3.78. The first-order chi connectivity index (χ1) is 13.1. The number of methoxy groups -OCH3 is 2. The molecule has 28 heavy (non-hydrogen) atoms. The van der Waals surface area contributed by atoms with E-state index in [0.29, 0.717) is 0 Å². The number of carbonyl (C=O) groups is 2. The highest BCUT2D eigenvalue weighted by molar-refractivity contribution is 5.93. The van der Waals surface area contributed by atoms with E-state index >= 15 is 0 Å². The molecule has 0 fully saturated rings. The number of halogens is 3. The second-order valence-corrected chi connectivity index (χ2v) is 5.63. The molecule has 0 unspecified atom stereocenters. The van der Waals surface area contributed by atoms with Gasteiger partial charge in [-0.1, -0.05) is 18.2 Å². The molecule has 0 bridgehead atoms. The summed E-state index contributed by atoms with van der Waals surface area (Å²) in [6.45, 7) is 0. The third kappa shape index (κ3) is 4.09. The van der Waals surface area contributed by atoms with Crippen molar-refractivity contribution in [1.82, 2.24) is 0 Å². The standard InChI is InChI=1S/C18H15F3N2O5/c1-26-13(24)7-12-15(17(25)27-2)14(11(8-22)16(23)28-12)9-4-3-5-10(6-9)18(19,20)21/h3-6,14H,7,23H2,1-2H3/t14-/m0/s1. The number of rotatable bonds is 4. The van der Waals surface area contributed by atoms with Crippen molar-refractivity contribution in [2.24, 2.45) is 5.73 Å². The minimum atomic E-state index is -4.65. The highest BCUT2D eigenvalue weighted by Gasteiger charge is 2.39. The minimum absolute atomic E-state index is 0.0413. The SMILES string of the molecule is COC(=O)CC1=C(C(=O)OC)[C@@H](c2cccc(C(F)(F)F)c2)C(C#N)=C(N)O1. The fourth-order valence-electron chi connectivity index (χ4n) is 2.71. The molecule has 2 rings (SSSR count). The lowest BCUT2D eigenvalue weighted by Crippen LogP contribution is -2.27. The molecule has 1 aliphatic heterocycles. The van der Waals surface area contributed by atoms with E-state index in [1.807, 2.05) is 0 Å². The minimum Gasteiger partial charge on any atom is -0.469 e. The average Bonchev–Trinajstić information content (AvgIpc) is 2.66. The lowest BCUT2D eigenvalue weighted by molar-refractivity contribution is -0.140. The number of esters is 2. The monoisotopic (exact) mass is 396 g/mol. The van der Waals surface area contributed by atoms with Crippen LogP contribution in [0.2, 0.25) is 0 Å². The second-order valence-electron chi connectivity index (χ2n) is 5.63. The summed E-state index contributed by atoms with van der Waals surface area (Å²) in [4.78, 5) is 24.0. The molecule has 0 aromatic heterocycles. The highest BCUT2D eigenvalue weighted by Crippen LogP contribution is 2.42. The zero-order valence-corrected chi connectivity index (χ0v) is 14.8. The number of nitriles is 1. The average molecular weight is 396 g/mol. The summed E-state index contributed by atoms with van der Waals surface area (Å²) in [5.41, 5.74) is 4.11. The van der Waals surface area contributed by atoms with Gasteiger partial charge in [0.15, 0.2) is 0 Å². The largest absolute Gasteiger partial charge is 0.469 e. The predicted octanol–water partition coefficient (Wildman–Crippen LogP) is 2.50. The first kappa shape index (κ1) is 20.8. The fraction of sp³-hybridized carbons (Fsp3) is 0.278. The van der Waals surface area contributed by atoms with Gasteiger partial charge in [-0.2, -0.15) is 18.4 Å². The van der Waals surface area contributed by atoms with Gasteiger partial charge in [0.25, 0.3) is 0 Å². The van der Waals surface area contributed by atoms with E-state index < -0.39 is 41.9 Å². The van der Waals surface area contributed by atoms with Crippen molar-refractivity contribution in [2.45, 2.75) is 18.5 Å². The van der Waals surface area contributed by atoms with Gasteiger partial charge in [-0.15, -0.1) is 0 Å². The van der Waals surface area contributed by atoms with Gasteiger partial charge in [0, 0.05) is 0 Å². The number of alkyl halides is 3. The van der Waals surface area contributed by atoms with Crippen molar-refractivity contribution < 1.29 is 37.0 Å². The van der Waals surface area contributed by atoms with Crippen LogP contribution >= 0.6 is 0 Å². The van der Waals surface area contributed by atoms with E-state index in [-0.39, 0.29) is 22.5 Å². The summed E-state index contributed by atoms with van der Waals surface area (Å²) >= 11 is 0. The van der Waals surface area contributed by atoms with Crippen molar-refractivity contribution in [3.8, 4) is 6.07 Å². The molecule has 2 N–H and O–H groups in total. The van der Waals surface area contributed by atoms with Crippen molar-refractivity contribution in [1.29, 1.82) is 5.26 Å².